The minimum atomic E-state index is -0.859. The maximum atomic E-state index is 12.9. The molecule has 0 spiro atoms. The molecule has 1 aromatic rings. The molecule has 1 atom stereocenters. The minimum Gasteiger partial charge on any atom is -0.388 e. The molecular formula is C16H23FN2O2. The Morgan fingerprint density at radius 3 is 2.33 bits per heavy atom. The van der Waals surface area contributed by atoms with Crippen LogP contribution < -0.4 is 5.73 Å². The van der Waals surface area contributed by atoms with E-state index in [9.17, 15) is 14.3 Å². The van der Waals surface area contributed by atoms with E-state index in [0.29, 0.717) is 13.1 Å². The number of aliphatic hydroxyl groups excluding tert-OH is 1. The van der Waals surface area contributed by atoms with E-state index in [0.717, 1.165) is 18.4 Å². The van der Waals surface area contributed by atoms with Crippen LogP contribution in [0, 0.1) is 11.7 Å². The molecule has 0 radical (unpaired) electrons. The fourth-order valence-corrected chi connectivity index (χ4v) is 2.76. The molecule has 116 valence electrons. The topological polar surface area (TPSA) is 66.6 Å². The van der Waals surface area contributed by atoms with Gasteiger partial charge in [0, 0.05) is 13.1 Å². The highest BCUT2D eigenvalue weighted by Crippen LogP contribution is 2.31. The number of hydrogen-bond acceptors (Lipinski definition) is 3. The first-order valence-corrected chi connectivity index (χ1v) is 7.31. The van der Waals surface area contributed by atoms with Crippen molar-refractivity contribution in [2.75, 3.05) is 13.1 Å². The average Bonchev–Trinajstić information content (AvgIpc) is 2.46. The number of halogens is 1. The average molecular weight is 294 g/mol. The van der Waals surface area contributed by atoms with Crippen LogP contribution >= 0.6 is 0 Å². The second kappa shape index (κ2) is 6.12. The van der Waals surface area contributed by atoms with Crippen LogP contribution in [0.25, 0.3) is 0 Å². The zero-order valence-corrected chi connectivity index (χ0v) is 12.6. The van der Waals surface area contributed by atoms with Crippen molar-refractivity contribution >= 4 is 5.91 Å². The second-order valence-electron chi connectivity index (χ2n) is 6.35. The van der Waals surface area contributed by atoms with E-state index < -0.39 is 11.6 Å². The summed E-state index contributed by atoms with van der Waals surface area (Å²) in [5, 5.41) is 10.4. The summed E-state index contributed by atoms with van der Waals surface area (Å²) in [6.07, 6.45) is 0.828. The summed E-state index contributed by atoms with van der Waals surface area (Å²) in [5.74, 6) is -0.283. The van der Waals surface area contributed by atoms with E-state index in [2.05, 4.69) is 0 Å². The summed E-state index contributed by atoms with van der Waals surface area (Å²) in [7, 11) is 0. The molecule has 1 saturated heterocycles. The molecule has 5 heteroatoms. The lowest BCUT2D eigenvalue weighted by molar-refractivity contribution is -0.137. The van der Waals surface area contributed by atoms with Crippen LogP contribution in [-0.2, 0) is 4.79 Å². The number of aliphatic hydroxyl groups is 1. The fraction of sp³-hybridized carbons (Fsp3) is 0.562. The van der Waals surface area contributed by atoms with E-state index in [1.807, 2.05) is 0 Å². The molecule has 0 unspecified atom stereocenters. The van der Waals surface area contributed by atoms with Crippen molar-refractivity contribution < 1.29 is 14.3 Å². The van der Waals surface area contributed by atoms with E-state index in [1.165, 1.54) is 12.1 Å². The molecule has 21 heavy (non-hydrogen) atoms. The van der Waals surface area contributed by atoms with Crippen LogP contribution in [0.15, 0.2) is 24.3 Å². The van der Waals surface area contributed by atoms with Gasteiger partial charge in [0.2, 0.25) is 5.91 Å². The van der Waals surface area contributed by atoms with Crippen LogP contribution in [0.1, 0.15) is 38.4 Å². The van der Waals surface area contributed by atoms with Gasteiger partial charge in [-0.25, -0.2) is 4.39 Å². The summed E-state index contributed by atoms with van der Waals surface area (Å²) >= 11 is 0. The number of hydrogen-bond donors (Lipinski definition) is 2. The van der Waals surface area contributed by atoms with Crippen molar-refractivity contribution in [3.63, 3.8) is 0 Å². The number of likely N-dealkylation sites (tertiary alicyclic amines) is 1. The molecule has 0 saturated carbocycles. The molecule has 1 aromatic carbocycles. The maximum Gasteiger partial charge on any atom is 0.242 e. The first-order chi connectivity index (χ1) is 9.79. The molecule has 4 nitrogen and oxygen atoms in total. The van der Waals surface area contributed by atoms with E-state index in [1.54, 1.807) is 30.9 Å². The molecule has 1 amide bonds. The second-order valence-corrected chi connectivity index (χ2v) is 6.35. The standard InChI is InChI=1S/C16H23FN2O2/c1-16(2,18)15(21)19-9-7-12(8-10-19)14(20)11-3-5-13(17)6-4-11/h3-6,12,14,20H,7-10,18H2,1-2H3/t14-/m0/s1. The third kappa shape index (κ3) is 3.80. The lowest BCUT2D eigenvalue weighted by Crippen LogP contribution is -2.53. The molecule has 0 aliphatic carbocycles. The van der Waals surface area contributed by atoms with Crippen molar-refractivity contribution in [1.29, 1.82) is 0 Å². The Kier molecular flexibility index (Phi) is 4.64. The summed E-state index contributed by atoms with van der Waals surface area (Å²) in [6, 6.07) is 5.93. The van der Waals surface area contributed by atoms with Crippen molar-refractivity contribution in [2.24, 2.45) is 11.7 Å². The molecule has 0 bridgehead atoms. The van der Waals surface area contributed by atoms with Crippen LogP contribution in [-0.4, -0.2) is 34.5 Å². The smallest absolute Gasteiger partial charge is 0.242 e. The molecule has 1 aliphatic rings. The third-order valence-electron chi connectivity index (χ3n) is 4.04. The first-order valence-electron chi connectivity index (χ1n) is 7.31. The number of nitrogens with two attached hydrogens (primary N) is 1. The summed E-state index contributed by atoms with van der Waals surface area (Å²) in [6.45, 7) is 4.61. The van der Waals surface area contributed by atoms with E-state index >= 15 is 0 Å². The number of amides is 1. The van der Waals surface area contributed by atoms with Crippen LogP contribution in [0.2, 0.25) is 0 Å². The monoisotopic (exact) mass is 294 g/mol. The van der Waals surface area contributed by atoms with Crippen LogP contribution in [0.4, 0.5) is 4.39 Å². The molecule has 2 rings (SSSR count). The van der Waals surface area contributed by atoms with Crippen LogP contribution in [0.5, 0.6) is 0 Å². The highest BCUT2D eigenvalue weighted by molar-refractivity contribution is 5.85. The third-order valence-corrected chi connectivity index (χ3v) is 4.04. The summed E-state index contributed by atoms with van der Waals surface area (Å²) < 4.78 is 12.9. The zero-order chi connectivity index (χ0) is 15.6. The zero-order valence-electron chi connectivity index (χ0n) is 12.6. The van der Waals surface area contributed by atoms with Gasteiger partial charge in [0.15, 0.2) is 0 Å². The van der Waals surface area contributed by atoms with Crippen molar-refractivity contribution in [1.82, 2.24) is 4.90 Å². The van der Waals surface area contributed by atoms with Gasteiger partial charge in [-0.05, 0) is 50.3 Å². The van der Waals surface area contributed by atoms with Gasteiger partial charge < -0.3 is 15.7 Å². The van der Waals surface area contributed by atoms with E-state index in [-0.39, 0.29) is 17.6 Å². The van der Waals surface area contributed by atoms with Crippen molar-refractivity contribution in [3.05, 3.63) is 35.6 Å². The van der Waals surface area contributed by atoms with Gasteiger partial charge in [0.25, 0.3) is 0 Å². The Labute approximate surface area is 124 Å². The van der Waals surface area contributed by atoms with Gasteiger partial charge >= 0.3 is 0 Å². The Balaban J connectivity index is 1.94. The largest absolute Gasteiger partial charge is 0.388 e. The fourth-order valence-electron chi connectivity index (χ4n) is 2.76. The normalized spacial score (nSPS) is 18.6. The summed E-state index contributed by atoms with van der Waals surface area (Å²) in [4.78, 5) is 13.9. The number of benzene rings is 1. The SMILES string of the molecule is CC(C)(N)C(=O)N1CCC([C@@H](O)c2ccc(F)cc2)CC1. The molecular weight excluding hydrogens is 271 g/mol. The predicted octanol–water partition coefficient (Wildman–Crippen LogP) is 1.83. The maximum absolute atomic E-state index is 12.9. The van der Waals surface area contributed by atoms with Gasteiger partial charge in [0.05, 0.1) is 11.6 Å². The Morgan fingerprint density at radius 2 is 1.86 bits per heavy atom. The molecule has 3 N–H and O–H groups in total. The van der Waals surface area contributed by atoms with Gasteiger partial charge in [-0.15, -0.1) is 0 Å². The number of nitrogens with zero attached hydrogens (tertiary/aromatic N) is 1. The van der Waals surface area contributed by atoms with Crippen molar-refractivity contribution in [2.45, 2.75) is 38.3 Å². The predicted molar refractivity (Wildman–Crippen MR) is 78.9 cm³/mol. The molecule has 0 aromatic heterocycles. The first kappa shape index (κ1) is 15.9. The number of carbonyl (C=O) groups excluding carboxylic acids is 1. The lowest BCUT2D eigenvalue weighted by atomic mass is 9.87. The Morgan fingerprint density at radius 1 is 1.33 bits per heavy atom. The highest BCUT2D eigenvalue weighted by Gasteiger charge is 2.33. The van der Waals surface area contributed by atoms with Gasteiger partial charge in [-0.1, -0.05) is 12.1 Å². The Bertz CT molecular complexity index is 488. The van der Waals surface area contributed by atoms with Gasteiger partial charge in [-0.3, -0.25) is 4.79 Å². The van der Waals surface area contributed by atoms with Crippen LogP contribution in [0.3, 0.4) is 0 Å². The number of piperidine rings is 1. The van der Waals surface area contributed by atoms with Gasteiger partial charge in [-0.2, -0.15) is 0 Å². The van der Waals surface area contributed by atoms with E-state index in [4.69, 9.17) is 5.73 Å². The quantitative estimate of drug-likeness (QED) is 0.894. The highest BCUT2D eigenvalue weighted by atomic mass is 19.1. The molecule has 1 heterocycles. The van der Waals surface area contributed by atoms with Crippen molar-refractivity contribution in [3.8, 4) is 0 Å². The summed E-state index contributed by atoms with van der Waals surface area (Å²) in [5.41, 5.74) is 5.70. The minimum absolute atomic E-state index is 0.0581. The Hall–Kier alpha value is -1.46. The van der Waals surface area contributed by atoms with Gasteiger partial charge in [0.1, 0.15) is 5.82 Å². The lowest BCUT2D eigenvalue weighted by Gasteiger charge is -2.37. The number of carbonyl (C=O) groups is 1. The molecule has 1 fully saturated rings. The number of rotatable bonds is 3. The molecule has 1 aliphatic heterocycles.